The number of nitrogen functional groups attached to an aromatic ring is 1. The van der Waals surface area contributed by atoms with Crippen molar-refractivity contribution in [2.75, 3.05) is 35.6 Å². The van der Waals surface area contributed by atoms with E-state index in [4.69, 9.17) is 17.3 Å². The summed E-state index contributed by atoms with van der Waals surface area (Å²) in [6, 6.07) is 0. The normalized spacial score (nSPS) is 19.8. The zero-order chi connectivity index (χ0) is 18.1. The van der Waals surface area contributed by atoms with Crippen molar-refractivity contribution in [2.24, 2.45) is 5.92 Å². The zero-order valence-corrected chi connectivity index (χ0v) is 15.7. The minimum Gasteiger partial charge on any atom is -0.393 e. The molecular weight excluding hydrogens is 350 g/mol. The second-order valence-corrected chi connectivity index (χ2v) is 7.49. The first-order valence-corrected chi connectivity index (χ1v) is 9.64. The average molecular weight is 374 g/mol. The summed E-state index contributed by atoms with van der Waals surface area (Å²) in [5.74, 6) is 3.21. The van der Waals surface area contributed by atoms with E-state index in [9.17, 15) is 0 Å². The molecule has 1 aliphatic carbocycles. The number of anilines is 3. The first kappa shape index (κ1) is 17.3. The molecule has 2 aliphatic rings. The van der Waals surface area contributed by atoms with Crippen LogP contribution in [0.3, 0.4) is 0 Å². The molecule has 7 nitrogen and oxygen atoms in total. The van der Waals surface area contributed by atoms with Crippen molar-refractivity contribution in [2.45, 2.75) is 38.5 Å². The van der Waals surface area contributed by atoms with E-state index in [-0.39, 0.29) is 0 Å². The van der Waals surface area contributed by atoms with Gasteiger partial charge in [0, 0.05) is 37.9 Å². The van der Waals surface area contributed by atoms with E-state index in [2.05, 4.69) is 37.1 Å². The molecule has 0 bridgehead atoms. The molecule has 0 amide bonds. The van der Waals surface area contributed by atoms with Crippen LogP contribution in [0.15, 0.2) is 12.4 Å². The maximum Gasteiger partial charge on any atom is 0.225 e. The standard InChI is InChI=1S/C18H24ClN7/c1-2-11-7-22-18(23-8-11)26-6-5-12(10-26)9-21-17-14(20)15(19)24-16(25-17)13-3-4-13/h7-8,12-13H,2-6,9-10,20H2,1H3,(H,21,24,25)/t12-/m0/s1. The Bertz CT molecular complexity index is 776. The molecule has 0 spiro atoms. The van der Waals surface area contributed by atoms with Crippen LogP contribution in [0.5, 0.6) is 0 Å². The fourth-order valence-electron chi connectivity index (χ4n) is 3.23. The molecule has 0 unspecified atom stereocenters. The number of halogens is 1. The van der Waals surface area contributed by atoms with Crippen LogP contribution in [0, 0.1) is 5.92 Å². The van der Waals surface area contributed by atoms with Gasteiger partial charge in [-0.2, -0.15) is 0 Å². The summed E-state index contributed by atoms with van der Waals surface area (Å²) in [6.07, 6.45) is 8.13. The van der Waals surface area contributed by atoms with Gasteiger partial charge in [0.1, 0.15) is 11.5 Å². The molecule has 1 saturated heterocycles. The van der Waals surface area contributed by atoms with Crippen molar-refractivity contribution in [1.82, 2.24) is 19.9 Å². The van der Waals surface area contributed by atoms with E-state index in [1.807, 2.05) is 12.4 Å². The first-order chi connectivity index (χ1) is 12.6. The SMILES string of the molecule is CCc1cnc(N2CC[C@@H](CNc3nc(C4CC4)nc(Cl)c3N)C2)nc1. The largest absolute Gasteiger partial charge is 0.393 e. The number of hydrogen-bond acceptors (Lipinski definition) is 7. The fourth-order valence-corrected chi connectivity index (χ4v) is 3.41. The third-order valence-corrected chi connectivity index (χ3v) is 5.37. The van der Waals surface area contributed by atoms with Crippen LogP contribution in [0.2, 0.25) is 5.15 Å². The highest BCUT2D eigenvalue weighted by Gasteiger charge is 2.29. The van der Waals surface area contributed by atoms with Gasteiger partial charge in [0.25, 0.3) is 0 Å². The van der Waals surface area contributed by atoms with Gasteiger partial charge in [0.2, 0.25) is 5.95 Å². The van der Waals surface area contributed by atoms with Crippen LogP contribution in [0.1, 0.15) is 43.5 Å². The minimum atomic E-state index is 0.349. The summed E-state index contributed by atoms with van der Waals surface area (Å²) in [5.41, 5.74) is 7.65. The summed E-state index contributed by atoms with van der Waals surface area (Å²) < 4.78 is 0. The number of aromatic nitrogens is 4. The molecule has 8 heteroatoms. The highest BCUT2D eigenvalue weighted by Crippen LogP contribution is 2.40. The number of aryl methyl sites for hydroxylation is 1. The van der Waals surface area contributed by atoms with Crippen molar-refractivity contribution in [3.8, 4) is 0 Å². The van der Waals surface area contributed by atoms with Crippen molar-refractivity contribution in [3.63, 3.8) is 0 Å². The molecule has 1 atom stereocenters. The monoisotopic (exact) mass is 373 g/mol. The van der Waals surface area contributed by atoms with Crippen LogP contribution < -0.4 is 16.0 Å². The summed E-state index contributed by atoms with van der Waals surface area (Å²) in [6.45, 7) is 4.79. The summed E-state index contributed by atoms with van der Waals surface area (Å²) in [5, 5.41) is 3.73. The van der Waals surface area contributed by atoms with Crippen molar-refractivity contribution in [1.29, 1.82) is 0 Å². The Labute approximate surface area is 158 Å². The smallest absolute Gasteiger partial charge is 0.225 e. The van der Waals surface area contributed by atoms with Gasteiger partial charge in [0.15, 0.2) is 11.0 Å². The molecule has 4 rings (SSSR count). The summed E-state index contributed by atoms with van der Waals surface area (Å²) >= 11 is 6.17. The predicted octanol–water partition coefficient (Wildman–Crippen LogP) is 2.88. The maximum absolute atomic E-state index is 6.17. The second-order valence-electron chi connectivity index (χ2n) is 7.14. The topological polar surface area (TPSA) is 92.9 Å². The Morgan fingerprint density at radius 3 is 2.69 bits per heavy atom. The first-order valence-electron chi connectivity index (χ1n) is 9.26. The highest BCUT2D eigenvalue weighted by atomic mass is 35.5. The lowest BCUT2D eigenvalue weighted by Crippen LogP contribution is -2.24. The molecule has 2 aromatic heterocycles. The lowest BCUT2D eigenvalue weighted by Gasteiger charge is -2.17. The van der Waals surface area contributed by atoms with E-state index < -0.39 is 0 Å². The number of hydrogen-bond donors (Lipinski definition) is 2. The third kappa shape index (κ3) is 3.67. The van der Waals surface area contributed by atoms with E-state index in [0.29, 0.717) is 28.5 Å². The Balaban J connectivity index is 1.37. The van der Waals surface area contributed by atoms with E-state index in [0.717, 1.165) is 62.7 Å². The van der Waals surface area contributed by atoms with E-state index >= 15 is 0 Å². The molecule has 2 fully saturated rings. The number of nitrogens with one attached hydrogen (secondary N) is 1. The van der Waals surface area contributed by atoms with Crippen LogP contribution in [-0.4, -0.2) is 39.6 Å². The molecule has 3 N–H and O–H groups in total. The van der Waals surface area contributed by atoms with Crippen LogP contribution >= 0.6 is 11.6 Å². The molecule has 0 aromatic carbocycles. The van der Waals surface area contributed by atoms with Gasteiger partial charge in [-0.15, -0.1) is 0 Å². The average Bonchev–Trinajstić information content (AvgIpc) is 3.41. The van der Waals surface area contributed by atoms with Gasteiger partial charge in [-0.05, 0) is 37.2 Å². The number of nitrogens with zero attached hydrogens (tertiary/aromatic N) is 5. The molecular formula is C18H24ClN7. The van der Waals surface area contributed by atoms with Gasteiger partial charge >= 0.3 is 0 Å². The predicted molar refractivity (Wildman–Crippen MR) is 104 cm³/mol. The van der Waals surface area contributed by atoms with Gasteiger partial charge in [0.05, 0.1) is 0 Å². The Kier molecular flexibility index (Phi) is 4.80. The van der Waals surface area contributed by atoms with Crippen molar-refractivity contribution >= 4 is 29.1 Å². The van der Waals surface area contributed by atoms with Crippen LogP contribution in [0.4, 0.5) is 17.5 Å². The Morgan fingerprint density at radius 2 is 2.00 bits per heavy atom. The lowest BCUT2D eigenvalue weighted by molar-refractivity contribution is 0.620. The van der Waals surface area contributed by atoms with Crippen molar-refractivity contribution < 1.29 is 0 Å². The molecule has 138 valence electrons. The van der Waals surface area contributed by atoms with E-state index in [1.165, 1.54) is 0 Å². The quantitative estimate of drug-likeness (QED) is 0.752. The molecule has 26 heavy (non-hydrogen) atoms. The van der Waals surface area contributed by atoms with Gasteiger partial charge in [-0.1, -0.05) is 18.5 Å². The number of nitrogens with two attached hydrogens (primary N) is 1. The van der Waals surface area contributed by atoms with E-state index in [1.54, 1.807) is 0 Å². The molecule has 0 radical (unpaired) electrons. The van der Waals surface area contributed by atoms with Crippen LogP contribution in [0.25, 0.3) is 0 Å². The fraction of sp³-hybridized carbons (Fsp3) is 0.556. The third-order valence-electron chi connectivity index (χ3n) is 5.09. The Morgan fingerprint density at radius 1 is 1.23 bits per heavy atom. The van der Waals surface area contributed by atoms with Crippen LogP contribution in [-0.2, 0) is 6.42 Å². The highest BCUT2D eigenvalue weighted by molar-refractivity contribution is 6.32. The molecule has 2 aromatic rings. The lowest BCUT2D eigenvalue weighted by atomic mass is 10.1. The van der Waals surface area contributed by atoms with Crippen molar-refractivity contribution in [3.05, 3.63) is 28.9 Å². The molecule has 1 saturated carbocycles. The number of rotatable bonds is 6. The molecule has 3 heterocycles. The maximum atomic E-state index is 6.17. The zero-order valence-electron chi connectivity index (χ0n) is 15.0. The second kappa shape index (κ2) is 7.23. The van der Waals surface area contributed by atoms with Gasteiger partial charge in [-0.3, -0.25) is 0 Å². The summed E-state index contributed by atoms with van der Waals surface area (Å²) in [7, 11) is 0. The Hall–Kier alpha value is -2.15. The van der Waals surface area contributed by atoms with Gasteiger partial charge < -0.3 is 16.0 Å². The molecule has 1 aliphatic heterocycles. The minimum absolute atomic E-state index is 0.349. The van der Waals surface area contributed by atoms with Gasteiger partial charge in [-0.25, -0.2) is 19.9 Å². The summed E-state index contributed by atoms with van der Waals surface area (Å²) in [4.78, 5) is 20.1.